The molecule has 3 aromatic rings. The summed E-state index contributed by atoms with van der Waals surface area (Å²) in [4.78, 5) is 16.9. The normalized spacial score (nSPS) is 14.2. The largest absolute Gasteiger partial charge is 0.506 e. The van der Waals surface area contributed by atoms with Gasteiger partial charge in [0.1, 0.15) is 18.1 Å². The molecule has 1 heterocycles. The van der Waals surface area contributed by atoms with Gasteiger partial charge in [0.25, 0.3) is 5.91 Å². The number of carbonyl (C=O) groups is 1. The average Bonchev–Trinajstić information content (AvgIpc) is 2.89. The van der Waals surface area contributed by atoms with Crippen LogP contribution in [0.2, 0.25) is 15.1 Å². The number of aryl methyl sites for hydroxylation is 1. The minimum atomic E-state index is -0.430. The zero-order valence-electron chi connectivity index (χ0n) is 20.3. The zero-order valence-corrected chi connectivity index (χ0v) is 22.5. The topological polar surface area (TPSA) is 77.4 Å². The first-order valence-corrected chi connectivity index (χ1v) is 12.9. The molecule has 0 aliphatic carbocycles. The van der Waals surface area contributed by atoms with Gasteiger partial charge in [-0.15, -0.1) is 0 Å². The average molecular weight is 562 g/mol. The molecule has 0 saturated carbocycles. The Morgan fingerprint density at radius 1 is 1.00 bits per heavy atom. The summed E-state index contributed by atoms with van der Waals surface area (Å²) in [6, 6.07) is 15.7. The van der Waals surface area contributed by atoms with Crippen molar-refractivity contribution in [2.45, 2.75) is 6.92 Å². The van der Waals surface area contributed by atoms with Crippen LogP contribution in [0.5, 0.6) is 11.5 Å². The van der Waals surface area contributed by atoms with Gasteiger partial charge in [-0.2, -0.15) is 5.10 Å². The number of hydrazone groups is 1. The molecule has 1 saturated heterocycles. The second-order valence-electron chi connectivity index (χ2n) is 8.67. The van der Waals surface area contributed by atoms with Gasteiger partial charge in [-0.25, -0.2) is 5.43 Å². The molecule has 0 unspecified atom stereocenters. The van der Waals surface area contributed by atoms with Crippen LogP contribution in [0.4, 0.5) is 5.69 Å². The minimum absolute atomic E-state index is 0.0838. The maximum Gasteiger partial charge on any atom is 0.271 e. The molecule has 3 aromatic carbocycles. The van der Waals surface area contributed by atoms with Crippen LogP contribution >= 0.6 is 34.8 Å². The van der Waals surface area contributed by atoms with Gasteiger partial charge in [-0.1, -0.05) is 46.9 Å². The molecule has 2 N–H and O–H groups in total. The van der Waals surface area contributed by atoms with E-state index in [1.165, 1.54) is 18.2 Å². The minimum Gasteiger partial charge on any atom is -0.506 e. The maximum absolute atomic E-state index is 12.2. The monoisotopic (exact) mass is 560 g/mol. The van der Waals surface area contributed by atoms with Crippen molar-refractivity contribution >= 4 is 52.6 Å². The van der Waals surface area contributed by atoms with E-state index in [1.807, 2.05) is 43.3 Å². The highest BCUT2D eigenvalue weighted by Gasteiger charge is 2.18. The number of nitrogens with one attached hydrogen (secondary N) is 1. The molecule has 0 atom stereocenters. The first kappa shape index (κ1) is 27.1. The fourth-order valence-electron chi connectivity index (χ4n) is 3.93. The molecular weight excluding hydrogens is 535 g/mol. The molecule has 37 heavy (non-hydrogen) atoms. The Morgan fingerprint density at radius 3 is 2.51 bits per heavy atom. The lowest BCUT2D eigenvalue weighted by Crippen LogP contribution is -2.47. The molecule has 4 rings (SSSR count). The second kappa shape index (κ2) is 12.5. The second-order valence-corrected chi connectivity index (χ2v) is 9.89. The number of phenols is 1. The zero-order chi connectivity index (χ0) is 26.4. The maximum atomic E-state index is 12.2. The van der Waals surface area contributed by atoms with Crippen LogP contribution in [-0.4, -0.2) is 61.5 Å². The van der Waals surface area contributed by atoms with Gasteiger partial charge in [0.2, 0.25) is 0 Å². The highest BCUT2D eigenvalue weighted by Crippen LogP contribution is 2.28. The van der Waals surface area contributed by atoms with E-state index in [9.17, 15) is 9.90 Å². The van der Waals surface area contributed by atoms with Crippen molar-refractivity contribution in [1.82, 2.24) is 10.3 Å². The number of hydrogen-bond donors (Lipinski definition) is 2. The van der Waals surface area contributed by atoms with Crippen LogP contribution in [0.1, 0.15) is 21.5 Å². The highest BCUT2D eigenvalue weighted by molar-refractivity contribution is 6.42. The van der Waals surface area contributed by atoms with Gasteiger partial charge in [0.15, 0.2) is 0 Å². The summed E-state index contributed by atoms with van der Waals surface area (Å²) in [5.74, 6) is 0.260. The third kappa shape index (κ3) is 7.29. The number of piperazine rings is 1. The Bertz CT molecular complexity index is 1290. The molecule has 1 amide bonds. The number of phenolic OH excluding ortho intramolecular Hbond substituents is 1. The van der Waals surface area contributed by atoms with E-state index in [1.54, 1.807) is 6.21 Å². The summed E-state index contributed by atoms with van der Waals surface area (Å²) >= 11 is 18.1. The van der Waals surface area contributed by atoms with Crippen LogP contribution in [0.25, 0.3) is 0 Å². The fraction of sp³-hybridized carbons (Fsp3) is 0.259. The number of carbonyl (C=O) groups excluding carboxylic acids is 1. The smallest absolute Gasteiger partial charge is 0.271 e. The van der Waals surface area contributed by atoms with Crippen molar-refractivity contribution in [3.05, 3.63) is 86.4 Å². The number of benzene rings is 3. The van der Waals surface area contributed by atoms with Crippen molar-refractivity contribution in [3.8, 4) is 11.5 Å². The third-order valence-corrected chi connectivity index (χ3v) is 7.15. The molecule has 7 nitrogen and oxygen atoms in total. The van der Waals surface area contributed by atoms with E-state index in [2.05, 4.69) is 20.3 Å². The van der Waals surface area contributed by atoms with Crippen LogP contribution in [-0.2, 0) is 0 Å². The lowest BCUT2D eigenvalue weighted by atomic mass is 10.1. The molecule has 0 aromatic heterocycles. The Kier molecular flexibility index (Phi) is 9.16. The molecule has 1 aliphatic rings. The van der Waals surface area contributed by atoms with Crippen molar-refractivity contribution in [2.24, 2.45) is 5.10 Å². The van der Waals surface area contributed by atoms with Crippen molar-refractivity contribution in [2.75, 3.05) is 44.2 Å². The Labute approximate surface area is 231 Å². The first-order valence-electron chi connectivity index (χ1n) is 11.8. The number of hydrogen-bond acceptors (Lipinski definition) is 6. The number of halogens is 3. The van der Waals surface area contributed by atoms with Crippen LogP contribution in [0.3, 0.4) is 0 Å². The predicted octanol–water partition coefficient (Wildman–Crippen LogP) is 5.63. The Morgan fingerprint density at radius 2 is 1.78 bits per heavy atom. The van der Waals surface area contributed by atoms with Gasteiger partial charge in [-0.05, 0) is 60.5 Å². The van der Waals surface area contributed by atoms with Gasteiger partial charge in [0.05, 0.1) is 21.3 Å². The molecule has 0 bridgehead atoms. The summed E-state index contributed by atoms with van der Waals surface area (Å²) in [6.07, 6.45) is 1.55. The molecule has 0 radical (unpaired) electrons. The van der Waals surface area contributed by atoms with Crippen LogP contribution in [0, 0.1) is 6.92 Å². The fourth-order valence-corrected chi connectivity index (χ4v) is 4.40. The number of nitrogens with zero attached hydrogens (tertiary/aromatic N) is 3. The van der Waals surface area contributed by atoms with Crippen molar-refractivity contribution in [3.63, 3.8) is 0 Å². The van der Waals surface area contributed by atoms with E-state index >= 15 is 0 Å². The Hall–Kier alpha value is -2.97. The van der Waals surface area contributed by atoms with Gasteiger partial charge >= 0.3 is 0 Å². The van der Waals surface area contributed by atoms with Crippen LogP contribution in [0.15, 0.2) is 59.7 Å². The molecule has 10 heteroatoms. The lowest BCUT2D eigenvalue weighted by molar-refractivity contribution is 0.0955. The van der Waals surface area contributed by atoms with Gasteiger partial charge in [-0.3, -0.25) is 9.69 Å². The van der Waals surface area contributed by atoms with E-state index in [0.29, 0.717) is 22.2 Å². The highest BCUT2D eigenvalue weighted by atomic mass is 35.5. The summed E-state index contributed by atoms with van der Waals surface area (Å²) in [5, 5.41) is 14.7. The Balaban J connectivity index is 1.24. The summed E-state index contributed by atoms with van der Waals surface area (Å²) in [6.45, 7) is 7.05. The molecule has 194 valence electrons. The van der Waals surface area contributed by atoms with Crippen molar-refractivity contribution < 1.29 is 14.6 Å². The van der Waals surface area contributed by atoms with E-state index in [-0.39, 0.29) is 10.8 Å². The summed E-state index contributed by atoms with van der Waals surface area (Å²) < 4.78 is 6.07. The SMILES string of the molecule is Cc1ccc(/C=N\NC(=O)c2ccc(O)c(Cl)c2)cc1OCCN1CCN(c2ccc(Cl)c(Cl)c2)CC1. The molecule has 1 fully saturated rings. The number of rotatable bonds is 8. The van der Waals surface area contributed by atoms with Crippen molar-refractivity contribution in [1.29, 1.82) is 0 Å². The van der Waals surface area contributed by atoms with E-state index < -0.39 is 5.91 Å². The quantitative estimate of drug-likeness (QED) is 0.276. The lowest BCUT2D eigenvalue weighted by Gasteiger charge is -2.36. The van der Waals surface area contributed by atoms with E-state index in [0.717, 1.165) is 55.3 Å². The predicted molar refractivity (Wildman–Crippen MR) is 150 cm³/mol. The number of anilines is 1. The standard InChI is InChI=1S/C27H27Cl3N4O3/c1-18-2-3-19(17-31-32-27(36)20-4-7-25(35)24(30)15-20)14-26(18)37-13-12-33-8-10-34(11-9-33)21-5-6-22(28)23(29)16-21/h2-7,14-17,35H,8-13H2,1H3,(H,32,36)/b31-17-. The van der Waals surface area contributed by atoms with Gasteiger partial charge < -0.3 is 14.7 Å². The third-order valence-electron chi connectivity index (χ3n) is 6.11. The number of aromatic hydroxyl groups is 1. The van der Waals surface area contributed by atoms with Crippen LogP contribution < -0.4 is 15.1 Å². The summed E-state index contributed by atoms with van der Waals surface area (Å²) in [7, 11) is 0. The number of ether oxygens (including phenoxy) is 1. The summed E-state index contributed by atoms with van der Waals surface area (Å²) in [5.41, 5.74) is 5.65. The first-order chi connectivity index (χ1) is 17.8. The van der Waals surface area contributed by atoms with E-state index in [4.69, 9.17) is 39.5 Å². The molecular formula is C27H27Cl3N4O3. The molecule has 1 aliphatic heterocycles. The number of amides is 1. The molecule has 0 spiro atoms. The van der Waals surface area contributed by atoms with Gasteiger partial charge in [0, 0.05) is 44.0 Å².